The molecule has 2 heterocycles. The molecule has 1 N–H and O–H groups in total. The van der Waals surface area contributed by atoms with Crippen molar-refractivity contribution in [3.63, 3.8) is 0 Å². The third kappa shape index (κ3) is 3.06. The maximum Gasteiger partial charge on any atom is 0.253 e. The largest absolute Gasteiger partial charge is 0.371 e. The number of amides is 1. The van der Waals surface area contributed by atoms with Gasteiger partial charge in [-0.05, 0) is 49.7 Å². The van der Waals surface area contributed by atoms with E-state index in [2.05, 4.69) is 46.8 Å². The Bertz CT molecular complexity index is 1010. The van der Waals surface area contributed by atoms with Gasteiger partial charge in [0.2, 0.25) is 0 Å². The number of hydrogen-bond donors (Lipinski definition) is 1. The van der Waals surface area contributed by atoms with Crippen LogP contribution in [0, 0.1) is 6.92 Å². The number of hydrogen-bond acceptors (Lipinski definition) is 3. The zero-order valence-electron chi connectivity index (χ0n) is 15.6. The minimum absolute atomic E-state index is 0.0301. The number of carbonyl (C=O) groups is 1. The van der Waals surface area contributed by atoms with Crippen LogP contribution in [0.15, 0.2) is 36.4 Å². The third-order valence-corrected chi connectivity index (χ3v) is 5.35. The molecule has 0 fully saturated rings. The minimum Gasteiger partial charge on any atom is -0.371 e. The number of alkyl halides is 1. The summed E-state index contributed by atoms with van der Waals surface area (Å²) in [4.78, 5) is 19.5. The van der Waals surface area contributed by atoms with Gasteiger partial charge in [-0.15, -0.1) is 11.6 Å². The van der Waals surface area contributed by atoms with E-state index in [4.69, 9.17) is 16.6 Å². The van der Waals surface area contributed by atoms with Crippen LogP contribution in [-0.4, -0.2) is 41.0 Å². The molecule has 27 heavy (non-hydrogen) atoms. The Morgan fingerprint density at radius 1 is 1.26 bits per heavy atom. The number of nitrogens with zero attached hydrogens (tertiary/aromatic N) is 3. The number of carbonyl (C=O) groups excluding carboxylic acids is 1. The highest BCUT2D eigenvalue weighted by Crippen LogP contribution is 2.32. The highest BCUT2D eigenvalue weighted by Gasteiger charge is 2.22. The topological polar surface area (TPSA) is 50.2 Å². The molecule has 0 atom stereocenters. The number of aryl methyl sites for hydroxylation is 1. The zero-order valence-corrected chi connectivity index (χ0v) is 16.4. The lowest BCUT2D eigenvalue weighted by Gasteiger charge is -2.23. The normalized spacial score (nSPS) is 13.5. The van der Waals surface area contributed by atoms with E-state index < -0.39 is 0 Å². The molecule has 0 aliphatic carbocycles. The van der Waals surface area contributed by atoms with E-state index in [1.807, 2.05) is 18.2 Å². The molecule has 5 nitrogen and oxygen atoms in total. The molecule has 3 aromatic rings. The summed E-state index contributed by atoms with van der Waals surface area (Å²) in [5.74, 6) is 1.49. The Morgan fingerprint density at radius 2 is 2.11 bits per heavy atom. The van der Waals surface area contributed by atoms with E-state index >= 15 is 0 Å². The molecule has 2 aromatic carbocycles. The minimum atomic E-state index is -0.0301. The number of anilines is 1. The van der Waals surface area contributed by atoms with Crippen LogP contribution in [-0.2, 0) is 6.54 Å². The van der Waals surface area contributed by atoms with Gasteiger partial charge in [0, 0.05) is 43.3 Å². The molecular weight excluding hydrogens is 360 g/mol. The first-order valence-corrected chi connectivity index (χ1v) is 9.87. The molecule has 0 saturated heterocycles. The van der Waals surface area contributed by atoms with Gasteiger partial charge >= 0.3 is 0 Å². The molecule has 1 aromatic heterocycles. The van der Waals surface area contributed by atoms with E-state index in [9.17, 15) is 4.79 Å². The molecule has 0 saturated carbocycles. The van der Waals surface area contributed by atoms with Crippen molar-refractivity contribution in [1.82, 2.24) is 14.9 Å². The van der Waals surface area contributed by atoms with Crippen molar-refractivity contribution in [3.05, 3.63) is 47.5 Å². The van der Waals surface area contributed by atoms with Crippen molar-refractivity contribution in [2.24, 2.45) is 0 Å². The summed E-state index contributed by atoms with van der Waals surface area (Å²) in [5.41, 5.74) is 5.90. The first-order chi connectivity index (χ1) is 13.1. The summed E-state index contributed by atoms with van der Waals surface area (Å²) < 4.78 is 2.17. The van der Waals surface area contributed by atoms with Crippen LogP contribution in [0.25, 0.3) is 22.4 Å². The quantitative estimate of drug-likeness (QED) is 0.682. The summed E-state index contributed by atoms with van der Waals surface area (Å²) >= 11 is 5.94. The van der Waals surface area contributed by atoms with Gasteiger partial charge in [-0.1, -0.05) is 6.07 Å². The second kappa shape index (κ2) is 7.24. The molecule has 0 radical (unpaired) electrons. The lowest BCUT2D eigenvalue weighted by molar-refractivity contribution is 0.0956. The predicted octanol–water partition coefficient (Wildman–Crippen LogP) is 3.82. The number of para-hydroxylation sites is 1. The van der Waals surface area contributed by atoms with E-state index in [1.54, 1.807) is 0 Å². The molecule has 0 bridgehead atoms. The fourth-order valence-electron chi connectivity index (χ4n) is 3.84. The molecule has 1 amide bonds. The van der Waals surface area contributed by atoms with Crippen molar-refractivity contribution < 1.29 is 4.79 Å². The van der Waals surface area contributed by atoms with Crippen molar-refractivity contribution >= 4 is 34.2 Å². The summed E-state index contributed by atoms with van der Waals surface area (Å²) in [6, 6.07) is 12.2. The Balaban J connectivity index is 1.84. The maximum absolute atomic E-state index is 12.4. The molecule has 140 valence electrons. The number of aromatic nitrogens is 2. The summed E-state index contributed by atoms with van der Waals surface area (Å²) in [5, 5.41) is 2.97. The number of halogens is 1. The Labute approximate surface area is 163 Å². The SMILES string of the molecule is CCN(CCCl)c1ccc(-c2nc3cccc4c3n2CCNC4=O)c(C)c1. The van der Waals surface area contributed by atoms with E-state index in [-0.39, 0.29) is 5.91 Å². The van der Waals surface area contributed by atoms with Crippen LogP contribution in [0.1, 0.15) is 22.8 Å². The highest BCUT2D eigenvalue weighted by molar-refractivity contribution is 6.18. The molecule has 1 aliphatic rings. The first-order valence-electron chi connectivity index (χ1n) is 9.33. The lowest BCUT2D eigenvalue weighted by Crippen LogP contribution is -2.25. The average molecular weight is 383 g/mol. The Hall–Kier alpha value is -2.53. The van der Waals surface area contributed by atoms with Crippen molar-refractivity contribution in [2.75, 3.05) is 30.4 Å². The van der Waals surface area contributed by atoms with Crippen LogP contribution < -0.4 is 10.2 Å². The second-order valence-corrected chi connectivity index (χ2v) is 7.16. The second-order valence-electron chi connectivity index (χ2n) is 6.78. The first kappa shape index (κ1) is 17.9. The number of benzene rings is 2. The van der Waals surface area contributed by atoms with Gasteiger partial charge in [-0.2, -0.15) is 0 Å². The lowest BCUT2D eigenvalue weighted by atomic mass is 10.1. The van der Waals surface area contributed by atoms with Gasteiger partial charge in [0.1, 0.15) is 5.82 Å². The predicted molar refractivity (Wildman–Crippen MR) is 111 cm³/mol. The maximum atomic E-state index is 12.4. The molecular formula is C21H23ClN4O. The van der Waals surface area contributed by atoms with Gasteiger partial charge in [0.05, 0.1) is 16.6 Å². The molecule has 1 aliphatic heterocycles. The molecule has 0 unspecified atom stereocenters. The van der Waals surface area contributed by atoms with E-state index in [0.29, 0.717) is 24.5 Å². The summed E-state index contributed by atoms with van der Waals surface area (Å²) in [6.07, 6.45) is 0. The zero-order chi connectivity index (χ0) is 19.0. The molecule has 4 rings (SSSR count). The van der Waals surface area contributed by atoms with Crippen LogP contribution >= 0.6 is 11.6 Å². The number of rotatable bonds is 5. The fourth-order valence-corrected chi connectivity index (χ4v) is 4.04. The summed E-state index contributed by atoms with van der Waals surface area (Å²) in [7, 11) is 0. The van der Waals surface area contributed by atoms with Crippen molar-refractivity contribution in [1.29, 1.82) is 0 Å². The molecule has 6 heteroatoms. The van der Waals surface area contributed by atoms with E-state index in [1.165, 1.54) is 5.69 Å². The van der Waals surface area contributed by atoms with Gasteiger partial charge in [-0.3, -0.25) is 4.79 Å². The fraction of sp³-hybridized carbons (Fsp3) is 0.333. The Kier molecular flexibility index (Phi) is 4.79. The van der Waals surface area contributed by atoms with Crippen LogP contribution in [0.3, 0.4) is 0 Å². The Morgan fingerprint density at radius 3 is 2.85 bits per heavy atom. The third-order valence-electron chi connectivity index (χ3n) is 5.18. The van der Waals surface area contributed by atoms with Crippen LogP contribution in [0.2, 0.25) is 0 Å². The average Bonchev–Trinajstić information content (AvgIpc) is 2.94. The van der Waals surface area contributed by atoms with Crippen molar-refractivity contribution in [2.45, 2.75) is 20.4 Å². The van der Waals surface area contributed by atoms with Gasteiger partial charge < -0.3 is 14.8 Å². The standard InChI is InChI=1S/C21H23ClN4O/c1-3-25(11-9-22)15-7-8-16(14(2)13-15)20-24-18-6-4-5-17-19(18)26(20)12-10-23-21(17)27/h4-8,13H,3,9-12H2,1-2H3,(H,23,27). The van der Waals surface area contributed by atoms with E-state index in [0.717, 1.165) is 41.1 Å². The molecule has 0 spiro atoms. The van der Waals surface area contributed by atoms with Gasteiger partial charge in [-0.25, -0.2) is 4.98 Å². The van der Waals surface area contributed by atoms with Crippen LogP contribution in [0.4, 0.5) is 5.69 Å². The van der Waals surface area contributed by atoms with Gasteiger partial charge in [0.25, 0.3) is 5.91 Å². The highest BCUT2D eigenvalue weighted by atomic mass is 35.5. The van der Waals surface area contributed by atoms with Crippen molar-refractivity contribution in [3.8, 4) is 11.4 Å². The van der Waals surface area contributed by atoms with Gasteiger partial charge in [0.15, 0.2) is 0 Å². The van der Waals surface area contributed by atoms with Crippen LogP contribution in [0.5, 0.6) is 0 Å². The smallest absolute Gasteiger partial charge is 0.253 e. The monoisotopic (exact) mass is 382 g/mol. The summed E-state index contributed by atoms with van der Waals surface area (Å²) in [6.45, 7) is 7.30. The number of nitrogens with one attached hydrogen (secondary N) is 1. The number of imidazole rings is 1.